The number of amides is 1. The summed E-state index contributed by atoms with van der Waals surface area (Å²) in [4.78, 5) is 23.5. The fourth-order valence-electron chi connectivity index (χ4n) is 2.70. The van der Waals surface area contributed by atoms with Crippen molar-refractivity contribution in [3.8, 4) is 0 Å². The van der Waals surface area contributed by atoms with E-state index < -0.39 is 32.5 Å². The third-order valence-electron chi connectivity index (χ3n) is 3.85. The van der Waals surface area contributed by atoms with Crippen molar-refractivity contribution >= 4 is 21.7 Å². The van der Waals surface area contributed by atoms with Gasteiger partial charge in [-0.2, -0.15) is 0 Å². The number of carbonyl (C=O) groups is 2. The Labute approximate surface area is 119 Å². The maximum absolute atomic E-state index is 12.4. The van der Waals surface area contributed by atoms with E-state index in [0.717, 1.165) is 6.26 Å². The van der Waals surface area contributed by atoms with Crippen molar-refractivity contribution < 1.29 is 23.1 Å². The molecule has 1 aliphatic carbocycles. The predicted molar refractivity (Wildman–Crippen MR) is 75.1 cm³/mol. The lowest BCUT2D eigenvalue weighted by Crippen LogP contribution is -2.54. The summed E-state index contributed by atoms with van der Waals surface area (Å²) in [6, 6.07) is -1.04. The summed E-state index contributed by atoms with van der Waals surface area (Å²) in [6.45, 7) is 3.70. The van der Waals surface area contributed by atoms with E-state index >= 15 is 0 Å². The zero-order valence-electron chi connectivity index (χ0n) is 12.2. The lowest BCUT2D eigenvalue weighted by Gasteiger charge is -2.28. The molecule has 6 nitrogen and oxygen atoms in total. The van der Waals surface area contributed by atoms with Crippen LogP contribution in [0, 0.1) is 5.92 Å². The highest BCUT2D eigenvalue weighted by Crippen LogP contribution is 2.36. The summed E-state index contributed by atoms with van der Waals surface area (Å²) in [5.41, 5.74) is 0. The number of carboxylic acids is 1. The van der Waals surface area contributed by atoms with Crippen LogP contribution in [0.1, 0.15) is 46.0 Å². The average Bonchev–Trinajstić information content (AvgIpc) is 2.76. The largest absolute Gasteiger partial charge is 0.480 e. The van der Waals surface area contributed by atoms with E-state index in [1.807, 2.05) is 13.8 Å². The first-order valence-electron chi connectivity index (χ1n) is 6.83. The van der Waals surface area contributed by atoms with E-state index in [1.165, 1.54) is 0 Å². The molecule has 0 aromatic rings. The first-order chi connectivity index (χ1) is 9.10. The van der Waals surface area contributed by atoms with Gasteiger partial charge in [-0.15, -0.1) is 0 Å². The van der Waals surface area contributed by atoms with Crippen LogP contribution in [0.3, 0.4) is 0 Å². The average molecular weight is 305 g/mol. The summed E-state index contributed by atoms with van der Waals surface area (Å²) >= 11 is 0. The molecule has 0 spiro atoms. The van der Waals surface area contributed by atoms with Crippen molar-refractivity contribution in [3.05, 3.63) is 0 Å². The van der Waals surface area contributed by atoms with Crippen LogP contribution in [-0.2, 0) is 19.4 Å². The van der Waals surface area contributed by atoms with Gasteiger partial charge in [-0.25, -0.2) is 13.2 Å². The standard InChI is InChI=1S/C13H23NO5S/c1-9(2)8-10(11(15)16)14-12(17)13(20(3,18)19)6-4-5-7-13/h9-10H,4-8H2,1-3H3,(H,14,17)(H,15,16)/t10-/m1/s1. The third kappa shape index (κ3) is 3.50. The Kier molecular flexibility index (Phi) is 5.18. The van der Waals surface area contributed by atoms with Crippen LogP contribution in [0.2, 0.25) is 0 Å². The van der Waals surface area contributed by atoms with Crippen LogP contribution in [0.5, 0.6) is 0 Å². The van der Waals surface area contributed by atoms with E-state index in [4.69, 9.17) is 5.11 Å². The smallest absolute Gasteiger partial charge is 0.326 e. The second kappa shape index (κ2) is 6.11. The van der Waals surface area contributed by atoms with Gasteiger partial charge < -0.3 is 10.4 Å². The second-order valence-electron chi connectivity index (χ2n) is 5.97. The molecule has 2 N–H and O–H groups in total. The van der Waals surface area contributed by atoms with Gasteiger partial charge in [0.2, 0.25) is 5.91 Å². The first kappa shape index (κ1) is 16.9. The van der Waals surface area contributed by atoms with E-state index in [9.17, 15) is 18.0 Å². The highest BCUT2D eigenvalue weighted by Gasteiger charge is 2.50. The molecule has 7 heteroatoms. The molecule has 1 fully saturated rings. The van der Waals surface area contributed by atoms with E-state index in [0.29, 0.717) is 12.8 Å². The van der Waals surface area contributed by atoms with Gasteiger partial charge in [-0.1, -0.05) is 26.7 Å². The minimum atomic E-state index is -3.57. The van der Waals surface area contributed by atoms with Gasteiger partial charge in [0, 0.05) is 6.26 Å². The molecule has 0 aliphatic heterocycles. The molecular formula is C13H23NO5S. The zero-order valence-corrected chi connectivity index (χ0v) is 13.0. The number of hydrogen-bond donors (Lipinski definition) is 2. The third-order valence-corrected chi connectivity index (χ3v) is 5.86. The minimum Gasteiger partial charge on any atom is -0.480 e. The highest BCUT2D eigenvalue weighted by atomic mass is 32.2. The molecule has 0 aromatic heterocycles. The van der Waals surface area contributed by atoms with Crippen molar-refractivity contribution in [2.45, 2.75) is 56.7 Å². The van der Waals surface area contributed by atoms with Gasteiger partial charge >= 0.3 is 5.97 Å². The van der Waals surface area contributed by atoms with Crippen molar-refractivity contribution in [2.24, 2.45) is 5.92 Å². The van der Waals surface area contributed by atoms with Crippen LogP contribution < -0.4 is 5.32 Å². The van der Waals surface area contributed by atoms with Crippen LogP contribution in [0.15, 0.2) is 0 Å². The summed E-state index contributed by atoms with van der Waals surface area (Å²) < 4.78 is 22.5. The molecule has 0 heterocycles. The first-order valence-corrected chi connectivity index (χ1v) is 8.72. The fraction of sp³-hybridized carbons (Fsp3) is 0.846. The van der Waals surface area contributed by atoms with Crippen LogP contribution >= 0.6 is 0 Å². The second-order valence-corrected chi connectivity index (χ2v) is 8.29. The van der Waals surface area contributed by atoms with Crippen LogP contribution in [-0.4, -0.2) is 42.4 Å². The number of nitrogens with one attached hydrogen (secondary N) is 1. The van der Waals surface area contributed by atoms with Gasteiger partial charge in [0.25, 0.3) is 0 Å². The molecule has 0 unspecified atom stereocenters. The fourth-order valence-corrected chi connectivity index (χ4v) is 4.12. The minimum absolute atomic E-state index is 0.0918. The number of aliphatic carboxylic acids is 1. The molecule has 0 bridgehead atoms. The SMILES string of the molecule is CC(C)C[C@@H](NC(=O)C1(S(C)(=O)=O)CCCC1)C(=O)O. The molecular weight excluding hydrogens is 282 g/mol. The summed E-state index contributed by atoms with van der Waals surface area (Å²) in [5, 5.41) is 11.6. The Bertz CT molecular complexity index is 477. The lowest BCUT2D eigenvalue weighted by molar-refractivity contribution is -0.142. The van der Waals surface area contributed by atoms with E-state index in [2.05, 4.69) is 5.32 Å². The maximum Gasteiger partial charge on any atom is 0.326 e. The molecule has 0 saturated heterocycles. The number of sulfone groups is 1. The molecule has 1 rings (SSSR count). The van der Waals surface area contributed by atoms with Gasteiger partial charge in [-0.3, -0.25) is 4.79 Å². The monoisotopic (exact) mass is 305 g/mol. The normalized spacial score (nSPS) is 19.8. The van der Waals surface area contributed by atoms with Gasteiger partial charge in [0.05, 0.1) is 0 Å². The highest BCUT2D eigenvalue weighted by molar-refractivity contribution is 7.92. The number of hydrogen-bond acceptors (Lipinski definition) is 4. The maximum atomic E-state index is 12.4. The Morgan fingerprint density at radius 2 is 1.75 bits per heavy atom. The molecule has 1 saturated carbocycles. The van der Waals surface area contributed by atoms with Gasteiger partial charge in [-0.05, 0) is 25.2 Å². The van der Waals surface area contributed by atoms with Crippen LogP contribution in [0.4, 0.5) is 0 Å². The number of carbonyl (C=O) groups excluding carboxylic acids is 1. The zero-order chi connectivity index (χ0) is 15.6. The van der Waals surface area contributed by atoms with Crippen molar-refractivity contribution in [1.29, 1.82) is 0 Å². The van der Waals surface area contributed by atoms with E-state index in [1.54, 1.807) is 0 Å². The van der Waals surface area contributed by atoms with Crippen LogP contribution in [0.25, 0.3) is 0 Å². The number of rotatable bonds is 6. The lowest BCUT2D eigenvalue weighted by atomic mass is 10.0. The summed E-state index contributed by atoms with van der Waals surface area (Å²) in [6.07, 6.45) is 3.21. The quantitative estimate of drug-likeness (QED) is 0.761. The van der Waals surface area contributed by atoms with Crippen molar-refractivity contribution in [1.82, 2.24) is 5.32 Å². The van der Waals surface area contributed by atoms with Crippen molar-refractivity contribution in [2.75, 3.05) is 6.26 Å². The van der Waals surface area contributed by atoms with Gasteiger partial charge in [0.15, 0.2) is 9.84 Å². The Balaban J connectivity index is 2.94. The molecule has 20 heavy (non-hydrogen) atoms. The Hall–Kier alpha value is -1.11. The van der Waals surface area contributed by atoms with E-state index in [-0.39, 0.29) is 25.2 Å². The summed E-state index contributed by atoms with van der Waals surface area (Å²) in [7, 11) is -3.57. The van der Waals surface area contributed by atoms with Gasteiger partial charge in [0.1, 0.15) is 10.8 Å². The summed E-state index contributed by atoms with van der Waals surface area (Å²) in [5.74, 6) is -1.70. The molecule has 1 atom stereocenters. The predicted octanol–water partition coefficient (Wildman–Crippen LogP) is 0.959. The molecule has 0 aromatic carbocycles. The Morgan fingerprint density at radius 3 is 2.10 bits per heavy atom. The molecule has 1 amide bonds. The topological polar surface area (TPSA) is 101 Å². The molecule has 0 radical (unpaired) electrons. The molecule has 116 valence electrons. The number of carboxylic acid groups (broad SMARTS) is 1. The Morgan fingerprint density at radius 1 is 1.25 bits per heavy atom. The molecule has 1 aliphatic rings. The van der Waals surface area contributed by atoms with Crippen molar-refractivity contribution in [3.63, 3.8) is 0 Å².